The van der Waals surface area contributed by atoms with Gasteiger partial charge < -0.3 is 14.6 Å². The second-order valence-corrected chi connectivity index (χ2v) is 4.35. The number of rotatable bonds is 5. The maximum Gasteiger partial charge on any atom is 0.146 e. The Morgan fingerprint density at radius 2 is 2.06 bits per heavy atom. The third kappa shape index (κ3) is 3.49. The summed E-state index contributed by atoms with van der Waals surface area (Å²) in [6.07, 6.45) is 0. The molecular formula is C11H21N5O. The maximum absolute atomic E-state index is 5.31. The van der Waals surface area contributed by atoms with Gasteiger partial charge in [0.25, 0.3) is 0 Å². The van der Waals surface area contributed by atoms with Crippen LogP contribution in [0.15, 0.2) is 0 Å². The first-order valence-electron chi connectivity index (χ1n) is 6.13. The van der Waals surface area contributed by atoms with Crippen LogP contribution in [0, 0.1) is 6.92 Å². The number of hydrogen-bond acceptors (Lipinski definition) is 5. The molecule has 1 aliphatic heterocycles. The number of morpholine rings is 1. The van der Waals surface area contributed by atoms with Crippen LogP contribution in [-0.4, -0.2) is 59.1 Å². The van der Waals surface area contributed by atoms with E-state index in [4.69, 9.17) is 4.74 Å². The van der Waals surface area contributed by atoms with Gasteiger partial charge >= 0.3 is 0 Å². The zero-order valence-corrected chi connectivity index (χ0v) is 10.6. The summed E-state index contributed by atoms with van der Waals surface area (Å²) in [5.74, 6) is 1.94. The minimum atomic E-state index is 0.779. The third-order valence-corrected chi connectivity index (χ3v) is 3.17. The Hall–Kier alpha value is -0.980. The van der Waals surface area contributed by atoms with Crippen LogP contribution in [-0.2, 0) is 18.3 Å². The van der Waals surface area contributed by atoms with Crippen LogP contribution in [0.1, 0.15) is 11.6 Å². The highest BCUT2D eigenvalue weighted by molar-refractivity contribution is 4.91. The lowest BCUT2D eigenvalue weighted by Gasteiger charge is -2.26. The summed E-state index contributed by atoms with van der Waals surface area (Å²) in [5, 5.41) is 11.5. The average Bonchev–Trinajstić information content (AvgIpc) is 2.67. The lowest BCUT2D eigenvalue weighted by atomic mass is 10.4. The van der Waals surface area contributed by atoms with Crippen LogP contribution in [0.5, 0.6) is 0 Å². The zero-order chi connectivity index (χ0) is 12.1. The van der Waals surface area contributed by atoms with E-state index in [-0.39, 0.29) is 0 Å². The highest BCUT2D eigenvalue weighted by Gasteiger charge is 2.09. The van der Waals surface area contributed by atoms with E-state index in [2.05, 4.69) is 20.4 Å². The molecule has 0 spiro atoms. The molecule has 6 heteroatoms. The number of ether oxygens (including phenoxy) is 1. The number of aromatic nitrogens is 3. The monoisotopic (exact) mass is 239 g/mol. The van der Waals surface area contributed by atoms with E-state index in [0.717, 1.165) is 57.6 Å². The van der Waals surface area contributed by atoms with Crippen LogP contribution in [0.4, 0.5) is 0 Å². The van der Waals surface area contributed by atoms with Crippen molar-refractivity contribution < 1.29 is 4.74 Å². The van der Waals surface area contributed by atoms with Crippen LogP contribution in [0.3, 0.4) is 0 Å². The Kier molecular flexibility index (Phi) is 4.47. The molecule has 1 aromatic rings. The lowest BCUT2D eigenvalue weighted by molar-refractivity contribution is 0.0384. The molecule has 17 heavy (non-hydrogen) atoms. The summed E-state index contributed by atoms with van der Waals surface area (Å²) in [4.78, 5) is 2.42. The van der Waals surface area contributed by atoms with Gasteiger partial charge in [0.15, 0.2) is 0 Å². The summed E-state index contributed by atoms with van der Waals surface area (Å²) >= 11 is 0. The summed E-state index contributed by atoms with van der Waals surface area (Å²) in [6, 6.07) is 0. The van der Waals surface area contributed by atoms with Crippen molar-refractivity contribution in [2.24, 2.45) is 7.05 Å². The van der Waals surface area contributed by atoms with Crippen molar-refractivity contribution in [2.45, 2.75) is 13.5 Å². The Morgan fingerprint density at radius 3 is 2.71 bits per heavy atom. The van der Waals surface area contributed by atoms with Crippen LogP contribution < -0.4 is 5.32 Å². The molecule has 1 aliphatic rings. The topological polar surface area (TPSA) is 55.2 Å². The minimum Gasteiger partial charge on any atom is -0.379 e. The van der Waals surface area contributed by atoms with Gasteiger partial charge in [0.05, 0.1) is 19.8 Å². The van der Waals surface area contributed by atoms with Gasteiger partial charge in [-0.1, -0.05) is 0 Å². The molecule has 0 amide bonds. The first-order chi connectivity index (χ1) is 8.27. The van der Waals surface area contributed by atoms with E-state index in [1.807, 2.05) is 18.5 Å². The van der Waals surface area contributed by atoms with Gasteiger partial charge in [0.2, 0.25) is 0 Å². The van der Waals surface area contributed by atoms with Gasteiger partial charge in [0.1, 0.15) is 11.6 Å². The third-order valence-electron chi connectivity index (χ3n) is 3.17. The van der Waals surface area contributed by atoms with E-state index in [1.165, 1.54) is 0 Å². The molecule has 0 bridgehead atoms. The summed E-state index contributed by atoms with van der Waals surface area (Å²) in [6.45, 7) is 8.61. The van der Waals surface area contributed by atoms with Crippen LogP contribution in [0.2, 0.25) is 0 Å². The number of nitrogens with one attached hydrogen (secondary N) is 1. The number of hydrogen-bond donors (Lipinski definition) is 1. The van der Waals surface area contributed by atoms with E-state index >= 15 is 0 Å². The van der Waals surface area contributed by atoms with Crippen molar-refractivity contribution in [3.05, 3.63) is 11.6 Å². The molecule has 0 radical (unpaired) electrons. The van der Waals surface area contributed by atoms with Gasteiger partial charge in [0, 0.05) is 33.2 Å². The Balaban J connectivity index is 1.64. The van der Waals surface area contributed by atoms with E-state index in [0.29, 0.717) is 0 Å². The highest BCUT2D eigenvalue weighted by Crippen LogP contribution is 1.97. The fourth-order valence-corrected chi connectivity index (χ4v) is 1.87. The maximum atomic E-state index is 5.31. The standard InChI is InChI=1S/C11H21N5O/c1-10-13-14-11(15(10)2)9-12-3-4-16-5-7-17-8-6-16/h12H,3-9H2,1-2H3. The predicted molar refractivity (Wildman–Crippen MR) is 64.7 cm³/mol. The number of nitrogens with zero attached hydrogens (tertiary/aromatic N) is 4. The second-order valence-electron chi connectivity index (χ2n) is 4.35. The molecule has 0 unspecified atom stereocenters. The van der Waals surface area contributed by atoms with Gasteiger partial charge in [-0.05, 0) is 6.92 Å². The second kappa shape index (κ2) is 6.09. The molecule has 2 heterocycles. The molecule has 0 aliphatic carbocycles. The van der Waals surface area contributed by atoms with E-state index in [9.17, 15) is 0 Å². The Labute approximate surface area is 102 Å². The van der Waals surface area contributed by atoms with Crippen molar-refractivity contribution in [3.8, 4) is 0 Å². The molecular weight excluding hydrogens is 218 g/mol. The van der Waals surface area contributed by atoms with Crippen molar-refractivity contribution in [2.75, 3.05) is 39.4 Å². The average molecular weight is 239 g/mol. The fourth-order valence-electron chi connectivity index (χ4n) is 1.87. The smallest absolute Gasteiger partial charge is 0.146 e. The molecule has 0 aromatic carbocycles. The minimum absolute atomic E-state index is 0.779. The molecule has 1 fully saturated rings. The first-order valence-corrected chi connectivity index (χ1v) is 6.13. The zero-order valence-electron chi connectivity index (χ0n) is 10.6. The first kappa shape index (κ1) is 12.5. The molecule has 0 atom stereocenters. The number of aryl methyl sites for hydroxylation is 1. The molecule has 2 rings (SSSR count). The van der Waals surface area contributed by atoms with Crippen LogP contribution >= 0.6 is 0 Å². The quantitative estimate of drug-likeness (QED) is 0.705. The Bertz CT molecular complexity index is 346. The van der Waals surface area contributed by atoms with Gasteiger partial charge in [-0.2, -0.15) is 0 Å². The van der Waals surface area contributed by atoms with E-state index < -0.39 is 0 Å². The summed E-state index contributed by atoms with van der Waals surface area (Å²) in [5.41, 5.74) is 0. The predicted octanol–water partition coefficient (Wildman–Crippen LogP) is -0.455. The molecule has 6 nitrogen and oxygen atoms in total. The molecule has 96 valence electrons. The van der Waals surface area contributed by atoms with Crippen molar-refractivity contribution in [3.63, 3.8) is 0 Å². The van der Waals surface area contributed by atoms with Crippen molar-refractivity contribution in [1.82, 2.24) is 25.0 Å². The SMILES string of the molecule is Cc1nnc(CNCCN2CCOCC2)n1C. The normalized spacial score (nSPS) is 17.5. The molecule has 1 aromatic heterocycles. The van der Waals surface area contributed by atoms with Crippen molar-refractivity contribution in [1.29, 1.82) is 0 Å². The molecule has 1 N–H and O–H groups in total. The summed E-state index contributed by atoms with van der Waals surface area (Å²) < 4.78 is 7.33. The Morgan fingerprint density at radius 1 is 1.29 bits per heavy atom. The summed E-state index contributed by atoms with van der Waals surface area (Å²) in [7, 11) is 1.99. The van der Waals surface area contributed by atoms with E-state index in [1.54, 1.807) is 0 Å². The molecule has 1 saturated heterocycles. The largest absolute Gasteiger partial charge is 0.379 e. The highest BCUT2D eigenvalue weighted by atomic mass is 16.5. The molecule has 0 saturated carbocycles. The lowest BCUT2D eigenvalue weighted by Crippen LogP contribution is -2.40. The van der Waals surface area contributed by atoms with Gasteiger partial charge in [-0.15, -0.1) is 10.2 Å². The fraction of sp³-hybridized carbons (Fsp3) is 0.818. The van der Waals surface area contributed by atoms with Gasteiger partial charge in [-0.3, -0.25) is 4.90 Å². The van der Waals surface area contributed by atoms with Gasteiger partial charge in [-0.25, -0.2) is 0 Å². The van der Waals surface area contributed by atoms with Crippen LogP contribution in [0.25, 0.3) is 0 Å². The van der Waals surface area contributed by atoms with Crippen molar-refractivity contribution >= 4 is 0 Å².